The number of halogens is 1. The van der Waals surface area contributed by atoms with Crippen LogP contribution in [0.3, 0.4) is 0 Å². The highest BCUT2D eigenvalue weighted by molar-refractivity contribution is 9.10. The third-order valence-corrected chi connectivity index (χ3v) is 4.91. The van der Waals surface area contributed by atoms with Gasteiger partial charge in [0.05, 0.1) is 31.6 Å². The van der Waals surface area contributed by atoms with Gasteiger partial charge in [0.2, 0.25) is 0 Å². The molecular formula is C14H22BrN3O3. The Bertz CT molecular complexity index is 527. The summed E-state index contributed by atoms with van der Waals surface area (Å²) in [5.41, 5.74) is 0.430. The van der Waals surface area contributed by atoms with Crippen molar-refractivity contribution in [1.82, 2.24) is 9.78 Å². The molecule has 118 valence electrons. The van der Waals surface area contributed by atoms with Crippen LogP contribution >= 0.6 is 15.9 Å². The Kier molecular flexibility index (Phi) is 5.78. The summed E-state index contributed by atoms with van der Waals surface area (Å²) in [6.45, 7) is 1.70. The first-order chi connectivity index (χ1) is 10.1. The Morgan fingerprint density at radius 2 is 2.24 bits per heavy atom. The van der Waals surface area contributed by atoms with Crippen molar-refractivity contribution in [2.75, 3.05) is 32.2 Å². The summed E-state index contributed by atoms with van der Waals surface area (Å²) in [5.74, 6) is 0. The lowest BCUT2D eigenvalue weighted by Crippen LogP contribution is -2.32. The molecule has 0 saturated heterocycles. The lowest BCUT2D eigenvalue weighted by molar-refractivity contribution is 0.142. The van der Waals surface area contributed by atoms with Crippen LogP contribution < -0.4 is 10.9 Å². The molecule has 0 unspecified atom stereocenters. The van der Waals surface area contributed by atoms with Crippen molar-refractivity contribution < 1.29 is 9.84 Å². The Labute approximate surface area is 132 Å². The number of aliphatic hydroxyl groups excluding tert-OH is 1. The summed E-state index contributed by atoms with van der Waals surface area (Å²) in [6.07, 6.45) is 5.99. The van der Waals surface area contributed by atoms with Gasteiger partial charge in [-0.2, -0.15) is 5.10 Å². The lowest BCUT2D eigenvalue weighted by atomic mass is 9.87. The minimum absolute atomic E-state index is 0.0651. The average Bonchev–Trinajstić information content (AvgIpc) is 2.97. The van der Waals surface area contributed by atoms with E-state index in [-0.39, 0.29) is 17.6 Å². The van der Waals surface area contributed by atoms with Crippen LogP contribution in [0.25, 0.3) is 0 Å². The SMILES string of the molecule is COCCn1ncc(NCC2(CO)CCCC2)c(Br)c1=O. The van der Waals surface area contributed by atoms with E-state index < -0.39 is 0 Å². The van der Waals surface area contributed by atoms with Gasteiger partial charge in [-0.3, -0.25) is 4.79 Å². The predicted octanol–water partition coefficient (Wildman–Crippen LogP) is 1.62. The maximum absolute atomic E-state index is 12.1. The molecule has 6 nitrogen and oxygen atoms in total. The molecule has 0 atom stereocenters. The summed E-state index contributed by atoms with van der Waals surface area (Å²) in [5, 5.41) is 17.0. The molecule has 1 saturated carbocycles. The number of methoxy groups -OCH3 is 1. The van der Waals surface area contributed by atoms with E-state index in [0.29, 0.717) is 29.9 Å². The fraction of sp³-hybridized carbons (Fsp3) is 0.714. The third kappa shape index (κ3) is 3.84. The molecule has 1 heterocycles. The summed E-state index contributed by atoms with van der Waals surface area (Å²) in [7, 11) is 1.59. The number of nitrogens with one attached hydrogen (secondary N) is 1. The second-order valence-corrected chi connectivity index (χ2v) is 6.41. The van der Waals surface area contributed by atoms with Crippen LogP contribution in [0.15, 0.2) is 15.5 Å². The molecule has 2 rings (SSSR count). The molecular weight excluding hydrogens is 338 g/mol. The molecule has 0 bridgehead atoms. The first kappa shape index (κ1) is 16.5. The number of rotatable bonds is 7. The van der Waals surface area contributed by atoms with Crippen LogP contribution in [-0.2, 0) is 11.3 Å². The van der Waals surface area contributed by atoms with Crippen LogP contribution in [0.4, 0.5) is 5.69 Å². The summed E-state index contributed by atoms with van der Waals surface area (Å²) in [6, 6.07) is 0. The zero-order valence-electron chi connectivity index (χ0n) is 12.3. The average molecular weight is 360 g/mol. The molecule has 7 heteroatoms. The first-order valence-corrected chi connectivity index (χ1v) is 8.00. The van der Waals surface area contributed by atoms with Gasteiger partial charge in [-0.15, -0.1) is 0 Å². The van der Waals surface area contributed by atoms with E-state index in [0.717, 1.165) is 25.7 Å². The molecule has 1 aromatic heterocycles. The van der Waals surface area contributed by atoms with Gasteiger partial charge in [0.15, 0.2) is 0 Å². The molecule has 1 fully saturated rings. The molecule has 0 radical (unpaired) electrons. The number of anilines is 1. The number of ether oxygens (including phenoxy) is 1. The van der Waals surface area contributed by atoms with E-state index in [1.807, 2.05) is 0 Å². The summed E-state index contributed by atoms with van der Waals surface area (Å²) >= 11 is 3.33. The minimum atomic E-state index is -0.179. The third-order valence-electron chi connectivity index (χ3n) is 4.15. The summed E-state index contributed by atoms with van der Waals surface area (Å²) < 4.78 is 6.80. The Morgan fingerprint density at radius 1 is 1.52 bits per heavy atom. The normalized spacial score (nSPS) is 17.1. The van der Waals surface area contributed by atoms with Gasteiger partial charge in [0, 0.05) is 19.1 Å². The highest BCUT2D eigenvalue weighted by Gasteiger charge is 2.33. The van der Waals surface area contributed by atoms with Gasteiger partial charge in [0.25, 0.3) is 5.56 Å². The van der Waals surface area contributed by atoms with Crippen molar-refractivity contribution in [2.45, 2.75) is 32.2 Å². The quantitative estimate of drug-likeness (QED) is 0.773. The van der Waals surface area contributed by atoms with E-state index >= 15 is 0 Å². The highest BCUT2D eigenvalue weighted by atomic mass is 79.9. The van der Waals surface area contributed by atoms with Crippen molar-refractivity contribution in [3.05, 3.63) is 21.0 Å². The van der Waals surface area contributed by atoms with Crippen molar-refractivity contribution in [1.29, 1.82) is 0 Å². The van der Waals surface area contributed by atoms with Gasteiger partial charge in [0.1, 0.15) is 4.47 Å². The monoisotopic (exact) mass is 359 g/mol. The smallest absolute Gasteiger partial charge is 0.283 e. The second kappa shape index (κ2) is 7.38. The van der Waals surface area contributed by atoms with Crippen molar-refractivity contribution in [3.8, 4) is 0 Å². The number of aliphatic hydroxyl groups is 1. The van der Waals surface area contributed by atoms with Crippen molar-refractivity contribution in [2.24, 2.45) is 5.41 Å². The molecule has 0 amide bonds. The number of nitrogens with zero attached hydrogens (tertiary/aromatic N) is 2. The zero-order valence-corrected chi connectivity index (χ0v) is 13.9. The van der Waals surface area contributed by atoms with Crippen LogP contribution in [0, 0.1) is 5.41 Å². The van der Waals surface area contributed by atoms with Crippen LogP contribution in [0.2, 0.25) is 0 Å². The maximum Gasteiger partial charge on any atom is 0.283 e. The maximum atomic E-state index is 12.1. The van der Waals surface area contributed by atoms with E-state index in [2.05, 4.69) is 26.3 Å². The predicted molar refractivity (Wildman–Crippen MR) is 84.5 cm³/mol. The molecule has 1 aromatic rings. The first-order valence-electron chi connectivity index (χ1n) is 7.21. The molecule has 0 aromatic carbocycles. The van der Waals surface area contributed by atoms with Crippen molar-refractivity contribution >= 4 is 21.6 Å². The Balaban J connectivity index is 2.07. The largest absolute Gasteiger partial charge is 0.396 e. The fourth-order valence-corrected chi connectivity index (χ4v) is 3.17. The van der Waals surface area contributed by atoms with E-state index in [9.17, 15) is 9.90 Å². The van der Waals surface area contributed by atoms with Crippen LogP contribution in [0.1, 0.15) is 25.7 Å². The topological polar surface area (TPSA) is 76.4 Å². The second-order valence-electron chi connectivity index (χ2n) is 5.61. The standard InChI is InChI=1S/C14H22BrN3O3/c1-21-7-6-18-13(20)12(15)11(8-17-18)16-9-14(10-19)4-2-3-5-14/h8,16,19H,2-7,9-10H2,1H3. The highest BCUT2D eigenvalue weighted by Crippen LogP contribution is 2.37. The van der Waals surface area contributed by atoms with Gasteiger partial charge in [-0.1, -0.05) is 12.8 Å². The van der Waals surface area contributed by atoms with Crippen LogP contribution in [-0.4, -0.2) is 41.8 Å². The van der Waals surface area contributed by atoms with Gasteiger partial charge >= 0.3 is 0 Å². The van der Waals surface area contributed by atoms with Gasteiger partial charge in [-0.05, 0) is 28.8 Å². The van der Waals surface area contributed by atoms with E-state index in [1.165, 1.54) is 4.68 Å². The zero-order chi connectivity index (χ0) is 15.3. The van der Waals surface area contributed by atoms with E-state index in [4.69, 9.17) is 4.74 Å². The number of aromatic nitrogens is 2. The van der Waals surface area contributed by atoms with Crippen LogP contribution in [0.5, 0.6) is 0 Å². The van der Waals surface area contributed by atoms with Crippen molar-refractivity contribution in [3.63, 3.8) is 0 Å². The summed E-state index contributed by atoms with van der Waals surface area (Å²) in [4.78, 5) is 12.1. The molecule has 1 aliphatic carbocycles. The minimum Gasteiger partial charge on any atom is -0.396 e. The number of hydrogen-bond donors (Lipinski definition) is 2. The number of hydrogen-bond acceptors (Lipinski definition) is 5. The molecule has 2 N–H and O–H groups in total. The Morgan fingerprint density at radius 3 is 2.86 bits per heavy atom. The molecule has 1 aliphatic rings. The van der Waals surface area contributed by atoms with Gasteiger partial charge < -0.3 is 15.2 Å². The molecule has 0 spiro atoms. The van der Waals surface area contributed by atoms with E-state index in [1.54, 1.807) is 13.3 Å². The molecule has 21 heavy (non-hydrogen) atoms. The lowest BCUT2D eigenvalue weighted by Gasteiger charge is -2.27. The van der Waals surface area contributed by atoms with Gasteiger partial charge in [-0.25, -0.2) is 4.68 Å². The Hall–Kier alpha value is -0.920. The molecule has 0 aliphatic heterocycles. The fourth-order valence-electron chi connectivity index (χ4n) is 2.72.